The van der Waals surface area contributed by atoms with Crippen molar-refractivity contribution in [1.82, 2.24) is 0 Å². The molecule has 1 heteroatoms. The smallest absolute Gasteiger partial charge is 0.123 e. The molecule has 0 radical (unpaired) electrons. The Morgan fingerprint density at radius 1 is 1.28 bits per heavy atom. The summed E-state index contributed by atoms with van der Waals surface area (Å²) in [5, 5.41) is 0. The van der Waals surface area contributed by atoms with Gasteiger partial charge in [-0.25, -0.2) is 0 Å². The molecule has 2 atom stereocenters. The Balaban J connectivity index is 1.96. The maximum Gasteiger partial charge on any atom is 0.123 e. The van der Waals surface area contributed by atoms with Crippen molar-refractivity contribution in [2.24, 2.45) is 11.3 Å². The molecule has 3 rings (SSSR count). The summed E-state index contributed by atoms with van der Waals surface area (Å²) in [7, 11) is 0. The Morgan fingerprint density at radius 2 is 2.06 bits per heavy atom. The predicted molar refractivity (Wildman–Crippen MR) is 74.8 cm³/mol. The Bertz CT molecular complexity index is 486. The molecule has 18 heavy (non-hydrogen) atoms. The fourth-order valence-corrected chi connectivity index (χ4v) is 3.23. The molecule has 1 nitrogen and oxygen atoms in total. The minimum Gasteiger partial charge on any atom is -0.485 e. The topological polar surface area (TPSA) is 9.23 Å². The summed E-state index contributed by atoms with van der Waals surface area (Å²) >= 11 is 0. The zero-order valence-electron chi connectivity index (χ0n) is 11.6. The largest absolute Gasteiger partial charge is 0.485 e. The average Bonchev–Trinajstić information content (AvgIpc) is 2.34. The first-order valence-corrected chi connectivity index (χ1v) is 7.04. The van der Waals surface area contributed by atoms with Gasteiger partial charge >= 0.3 is 0 Å². The number of hydrogen-bond acceptors (Lipinski definition) is 1. The van der Waals surface area contributed by atoms with Gasteiger partial charge in [0.05, 0.1) is 0 Å². The second-order valence-electron chi connectivity index (χ2n) is 6.37. The van der Waals surface area contributed by atoms with Crippen LogP contribution in [-0.4, -0.2) is 6.10 Å². The van der Waals surface area contributed by atoms with Crippen molar-refractivity contribution in [3.05, 3.63) is 41.5 Å². The van der Waals surface area contributed by atoms with Gasteiger partial charge in [-0.05, 0) is 42.9 Å². The molecule has 0 aromatic heterocycles. The van der Waals surface area contributed by atoms with Crippen molar-refractivity contribution in [1.29, 1.82) is 0 Å². The minimum absolute atomic E-state index is 0.263. The van der Waals surface area contributed by atoms with Crippen LogP contribution in [0.1, 0.15) is 39.2 Å². The summed E-state index contributed by atoms with van der Waals surface area (Å²) in [5.41, 5.74) is 3.22. The van der Waals surface area contributed by atoms with Crippen LogP contribution < -0.4 is 4.74 Å². The zero-order chi connectivity index (χ0) is 12.8. The Kier molecular flexibility index (Phi) is 2.73. The molecule has 1 aliphatic carbocycles. The van der Waals surface area contributed by atoms with Gasteiger partial charge in [0.25, 0.3) is 0 Å². The first kappa shape index (κ1) is 11.8. The fourth-order valence-electron chi connectivity index (χ4n) is 3.23. The van der Waals surface area contributed by atoms with Crippen LogP contribution in [-0.2, 0) is 6.42 Å². The van der Waals surface area contributed by atoms with Crippen molar-refractivity contribution in [3.8, 4) is 5.75 Å². The molecule has 1 aromatic carbocycles. The number of hydrogen-bond donors (Lipinski definition) is 0. The molecule has 1 heterocycles. The standard InChI is InChI=1S/C17H22O/c1-12(2)13-8-9-17(3)11-14-6-4-5-7-15(14)18-16(17)10-13/h4-7,10,12,16H,8-9,11H2,1-3H3/t16-,17-/m0/s1. The summed E-state index contributed by atoms with van der Waals surface area (Å²) in [6, 6.07) is 8.49. The van der Waals surface area contributed by atoms with Crippen molar-refractivity contribution in [3.63, 3.8) is 0 Å². The van der Waals surface area contributed by atoms with Gasteiger partial charge in [0.15, 0.2) is 0 Å². The predicted octanol–water partition coefficient (Wildman–Crippen LogP) is 4.37. The second-order valence-corrected chi connectivity index (χ2v) is 6.37. The third-order valence-electron chi connectivity index (χ3n) is 4.60. The summed E-state index contributed by atoms with van der Waals surface area (Å²) < 4.78 is 6.24. The maximum absolute atomic E-state index is 6.24. The highest BCUT2D eigenvalue weighted by Crippen LogP contribution is 2.46. The number of para-hydroxylation sites is 1. The van der Waals surface area contributed by atoms with Crippen LogP contribution in [0.5, 0.6) is 5.75 Å². The fraction of sp³-hybridized carbons (Fsp3) is 0.529. The Hall–Kier alpha value is -1.24. The van der Waals surface area contributed by atoms with Crippen molar-refractivity contribution in [2.45, 2.75) is 46.1 Å². The lowest BCUT2D eigenvalue weighted by molar-refractivity contribution is 0.0590. The monoisotopic (exact) mass is 242 g/mol. The van der Waals surface area contributed by atoms with Crippen LogP contribution in [0.25, 0.3) is 0 Å². The van der Waals surface area contributed by atoms with E-state index in [1.807, 2.05) is 0 Å². The van der Waals surface area contributed by atoms with Gasteiger partial charge in [-0.2, -0.15) is 0 Å². The van der Waals surface area contributed by atoms with E-state index in [1.54, 1.807) is 5.57 Å². The first-order chi connectivity index (χ1) is 8.58. The first-order valence-electron chi connectivity index (χ1n) is 7.04. The Labute approximate surface area is 110 Å². The van der Waals surface area contributed by atoms with Gasteiger partial charge in [0, 0.05) is 5.41 Å². The lowest BCUT2D eigenvalue weighted by atomic mass is 9.68. The molecule has 1 aliphatic heterocycles. The molecule has 0 spiro atoms. The van der Waals surface area contributed by atoms with E-state index in [2.05, 4.69) is 51.1 Å². The summed E-state index contributed by atoms with van der Waals surface area (Å²) in [4.78, 5) is 0. The molecule has 0 saturated carbocycles. The van der Waals surface area contributed by atoms with Gasteiger partial charge in [-0.15, -0.1) is 0 Å². The number of allylic oxidation sites excluding steroid dienone is 1. The third-order valence-corrected chi connectivity index (χ3v) is 4.60. The van der Waals surface area contributed by atoms with Gasteiger partial charge in [-0.1, -0.05) is 44.5 Å². The van der Waals surface area contributed by atoms with E-state index in [1.165, 1.54) is 18.4 Å². The van der Waals surface area contributed by atoms with Crippen LogP contribution >= 0.6 is 0 Å². The Morgan fingerprint density at radius 3 is 2.83 bits per heavy atom. The number of ether oxygens (including phenoxy) is 1. The van der Waals surface area contributed by atoms with Gasteiger partial charge in [-0.3, -0.25) is 0 Å². The van der Waals surface area contributed by atoms with Crippen molar-refractivity contribution < 1.29 is 4.74 Å². The van der Waals surface area contributed by atoms with Crippen LogP contribution in [0.4, 0.5) is 0 Å². The van der Waals surface area contributed by atoms with E-state index in [-0.39, 0.29) is 11.5 Å². The maximum atomic E-state index is 6.24. The van der Waals surface area contributed by atoms with Gasteiger partial charge < -0.3 is 4.74 Å². The molecule has 0 unspecified atom stereocenters. The molecule has 0 fully saturated rings. The molecular formula is C17H22O. The van der Waals surface area contributed by atoms with E-state index < -0.39 is 0 Å². The summed E-state index contributed by atoms with van der Waals surface area (Å²) in [5.74, 6) is 1.73. The second kappa shape index (κ2) is 4.15. The quantitative estimate of drug-likeness (QED) is 0.664. The van der Waals surface area contributed by atoms with Crippen molar-refractivity contribution >= 4 is 0 Å². The molecule has 0 amide bonds. The van der Waals surface area contributed by atoms with Crippen LogP contribution in [0, 0.1) is 11.3 Å². The van der Waals surface area contributed by atoms with Gasteiger partial charge in [0.2, 0.25) is 0 Å². The highest BCUT2D eigenvalue weighted by molar-refractivity contribution is 5.38. The number of benzene rings is 1. The van der Waals surface area contributed by atoms with Crippen molar-refractivity contribution in [2.75, 3.05) is 0 Å². The van der Waals surface area contributed by atoms with Crippen LogP contribution in [0.2, 0.25) is 0 Å². The minimum atomic E-state index is 0.263. The van der Waals surface area contributed by atoms with Gasteiger partial charge in [0.1, 0.15) is 11.9 Å². The highest BCUT2D eigenvalue weighted by atomic mass is 16.5. The molecule has 0 saturated heterocycles. The number of rotatable bonds is 1. The molecule has 96 valence electrons. The summed E-state index contributed by atoms with van der Waals surface area (Å²) in [6.45, 7) is 6.94. The van der Waals surface area contributed by atoms with E-state index >= 15 is 0 Å². The lowest BCUT2D eigenvalue weighted by Crippen LogP contribution is -2.43. The van der Waals surface area contributed by atoms with E-state index in [4.69, 9.17) is 4.74 Å². The molecule has 2 aliphatic rings. The number of fused-ring (bicyclic) bond motifs is 2. The SMILES string of the molecule is CC(C)C1=C[C@@H]2Oc3ccccc3C[C@]2(C)CC1. The molecular weight excluding hydrogens is 220 g/mol. The van der Waals surface area contributed by atoms with Crippen LogP contribution in [0.15, 0.2) is 35.9 Å². The van der Waals surface area contributed by atoms with E-state index in [0.29, 0.717) is 5.92 Å². The van der Waals surface area contributed by atoms with E-state index in [0.717, 1.165) is 12.2 Å². The molecule has 0 N–H and O–H groups in total. The summed E-state index contributed by atoms with van der Waals surface area (Å²) in [6.07, 6.45) is 6.28. The average molecular weight is 242 g/mol. The highest BCUT2D eigenvalue weighted by Gasteiger charge is 2.41. The lowest BCUT2D eigenvalue weighted by Gasteiger charge is -2.44. The normalized spacial score (nSPS) is 30.2. The molecule has 0 bridgehead atoms. The third kappa shape index (κ3) is 1.86. The molecule has 1 aromatic rings. The zero-order valence-corrected chi connectivity index (χ0v) is 11.6. The van der Waals surface area contributed by atoms with E-state index in [9.17, 15) is 0 Å². The van der Waals surface area contributed by atoms with Crippen LogP contribution in [0.3, 0.4) is 0 Å².